The van der Waals surface area contributed by atoms with Gasteiger partial charge in [-0.15, -0.1) is 0 Å². The molecule has 0 bridgehead atoms. The summed E-state index contributed by atoms with van der Waals surface area (Å²) in [6, 6.07) is 3.60. The van der Waals surface area contributed by atoms with Gasteiger partial charge in [-0.25, -0.2) is 9.97 Å². The molecule has 1 unspecified atom stereocenters. The predicted octanol–water partition coefficient (Wildman–Crippen LogP) is 1.76. The lowest BCUT2D eigenvalue weighted by atomic mass is 10.1. The number of anilines is 2. The molecule has 0 amide bonds. The molecule has 3 heterocycles. The molecule has 0 spiro atoms. The molecule has 0 aliphatic carbocycles. The number of rotatable bonds is 2. The van der Waals surface area contributed by atoms with Gasteiger partial charge in [0.25, 0.3) is 5.56 Å². The van der Waals surface area contributed by atoms with E-state index in [0.29, 0.717) is 25.2 Å². The molecule has 9 heteroatoms. The number of nitrogen functional groups attached to an aromatic ring is 1. The van der Waals surface area contributed by atoms with E-state index in [0.717, 1.165) is 6.07 Å². The largest absolute Gasteiger partial charge is 0.419 e. The Balaban J connectivity index is 1.87. The molecule has 23 heavy (non-hydrogen) atoms. The molecule has 2 aromatic heterocycles. The molecule has 0 aromatic carbocycles. The molecule has 0 radical (unpaired) electrons. The fourth-order valence-corrected chi connectivity index (χ4v) is 2.77. The number of nitrogens with one attached hydrogen (secondary N) is 1. The van der Waals surface area contributed by atoms with Crippen molar-refractivity contribution in [2.45, 2.75) is 18.5 Å². The molecule has 0 saturated carbocycles. The minimum atomic E-state index is -4.46. The quantitative estimate of drug-likeness (QED) is 0.878. The van der Waals surface area contributed by atoms with Crippen molar-refractivity contribution in [3.8, 4) is 0 Å². The van der Waals surface area contributed by atoms with Gasteiger partial charge in [-0.05, 0) is 18.6 Å². The Morgan fingerprint density at radius 3 is 2.87 bits per heavy atom. The number of pyridine rings is 1. The fraction of sp³-hybridized carbons (Fsp3) is 0.357. The summed E-state index contributed by atoms with van der Waals surface area (Å²) in [5.41, 5.74) is 4.86. The van der Waals surface area contributed by atoms with E-state index in [1.165, 1.54) is 18.3 Å². The maximum absolute atomic E-state index is 13.1. The van der Waals surface area contributed by atoms with Crippen molar-refractivity contribution in [2.24, 2.45) is 0 Å². The van der Waals surface area contributed by atoms with Gasteiger partial charge in [-0.1, -0.05) is 0 Å². The highest BCUT2D eigenvalue weighted by atomic mass is 19.4. The van der Waals surface area contributed by atoms with Gasteiger partial charge in [0, 0.05) is 31.3 Å². The minimum absolute atomic E-state index is 0.000216. The van der Waals surface area contributed by atoms with Crippen molar-refractivity contribution >= 4 is 11.8 Å². The number of aromatic amines is 1. The van der Waals surface area contributed by atoms with E-state index in [-0.39, 0.29) is 23.2 Å². The Bertz CT molecular complexity index is 773. The first-order valence-electron chi connectivity index (χ1n) is 6.98. The molecule has 1 aliphatic rings. The zero-order valence-corrected chi connectivity index (χ0v) is 12.0. The smallest absolute Gasteiger partial charge is 0.369 e. The van der Waals surface area contributed by atoms with Crippen molar-refractivity contribution in [1.29, 1.82) is 0 Å². The van der Waals surface area contributed by atoms with Gasteiger partial charge in [-0.3, -0.25) is 9.78 Å². The zero-order chi connectivity index (χ0) is 16.6. The number of hydrogen-bond acceptors (Lipinski definition) is 5. The molecule has 2 aromatic rings. The Morgan fingerprint density at radius 2 is 2.17 bits per heavy atom. The van der Waals surface area contributed by atoms with Crippen LogP contribution >= 0.6 is 0 Å². The number of alkyl halides is 3. The number of halogens is 3. The van der Waals surface area contributed by atoms with Crippen molar-refractivity contribution in [2.75, 3.05) is 23.7 Å². The summed E-state index contributed by atoms with van der Waals surface area (Å²) >= 11 is 0. The van der Waals surface area contributed by atoms with Crippen molar-refractivity contribution in [3.63, 3.8) is 0 Å². The number of aromatic nitrogens is 3. The molecule has 122 valence electrons. The summed E-state index contributed by atoms with van der Waals surface area (Å²) in [5.74, 6) is -0.261. The fourth-order valence-electron chi connectivity index (χ4n) is 2.77. The summed E-state index contributed by atoms with van der Waals surface area (Å²) in [7, 11) is 0. The van der Waals surface area contributed by atoms with Crippen LogP contribution in [0.15, 0.2) is 29.2 Å². The minimum Gasteiger partial charge on any atom is -0.369 e. The number of nitrogens with zero attached hydrogens (tertiary/aromatic N) is 3. The Morgan fingerprint density at radius 1 is 1.39 bits per heavy atom. The van der Waals surface area contributed by atoms with Gasteiger partial charge in [0.1, 0.15) is 5.82 Å². The summed E-state index contributed by atoms with van der Waals surface area (Å²) < 4.78 is 39.3. The highest BCUT2D eigenvalue weighted by Gasteiger charge is 2.37. The van der Waals surface area contributed by atoms with Crippen molar-refractivity contribution in [1.82, 2.24) is 15.0 Å². The predicted molar refractivity (Wildman–Crippen MR) is 78.1 cm³/mol. The van der Waals surface area contributed by atoms with Gasteiger partial charge < -0.3 is 10.6 Å². The second kappa shape index (κ2) is 5.56. The molecule has 1 aliphatic heterocycles. The number of hydrogen-bond donors (Lipinski definition) is 2. The van der Waals surface area contributed by atoms with Crippen LogP contribution in [0.4, 0.5) is 24.9 Å². The van der Waals surface area contributed by atoms with Crippen LogP contribution in [0.3, 0.4) is 0 Å². The average molecular weight is 325 g/mol. The molecule has 6 nitrogen and oxygen atoms in total. The Kier molecular flexibility index (Phi) is 3.70. The van der Waals surface area contributed by atoms with E-state index in [2.05, 4.69) is 15.0 Å². The summed E-state index contributed by atoms with van der Waals surface area (Å²) in [5, 5.41) is 0. The van der Waals surface area contributed by atoms with Crippen LogP contribution in [0.2, 0.25) is 0 Å². The van der Waals surface area contributed by atoms with Crippen LogP contribution in [0, 0.1) is 0 Å². The Hall–Kier alpha value is -2.58. The molecule has 1 saturated heterocycles. The number of H-pyrrole nitrogens is 1. The van der Waals surface area contributed by atoms with E-state index in [9.17, 15) is 18.0 Å². The van der Waals surface area contributed by atoms with E-state index < -0.39 is 11.7 Å². The highest BCUT2D eigenvalue weighted by molar-refractivity contribution is 5.50. The summed E-state index contributed by atoms with van der Waals surface area (Å²) in [6.45, 7) is 0.704. The first-order valence-corrected chi connectivity index (χ1v) is 6.98. The normalized spacial score (nSPS) is 18.4. The van der Waals surface area contributed by atoms with Crippen LogP contribution in [0.25, 0.3) is 0 Å². The number of nitrogens with two attached hydrogens (primary N) is 1. The van der Waals surface area contributed by atoms with Crippen molar-refractivity contribution in [3.05, 3.63) is 46.0 Å². The first kappa shape index (κ1) is 15.3. The molecule has 3 N–H and O–H groups in total. The highest BCUT2D eigenvalue weighted by Crippen LogP contribution is 2.38. The standard InChI is InChI=1S/C14H14F3N5O/c15-14(16,17)9-2-1-4-19-12(9)22-5-3-8(7-22)10-6-11(23)21-13(18)20-10/h1-2,4,6,8H,3,5,7H2,(H3,18,20,21,23). The SMILES string of the molecule is Nc1nc(C2CCN(c3ncccc3C(F)(F)F)C2)cc(=O)[nH]1. The third-order valence-electron chi connectivity index (χ3n) is 3.78. The maximum atomic E-state index is 13.1. The molecule has 3 rings (SSSR count). The first-order chi connectivity index (χ1) is 10.8. The average Bonchev–Trinajstić information content (AvgIpc) is 2.95. The van der Waals surface area contributed by atoms with Gasteiger partial charge >= 0.3 is 6.18 Å². The van der Waals surface area contributed by atoms with Crippen molar-refractivity contribution < 1.29 is 13.2 Å². The second-order valence-electron chi connectivity index (χ2n) is 5.36. The molecule has 1 fully saturated rings. The second-order valence-corrected chi connectivity index (χ2v) is 5.36. The molecular formula is C14H14F3N5O. The Labute approximate surface area is 129 Å². The van der Waals surface area contributed by atoms with Crippen LogP contribution in [0.5, 0.6) is 0 Å². The molecular weight excluding hydrogens is 311 g/mol. The lowest BCUT2D eigenvalue weighted by Crippen LogP contribution is -2.24. The van der Waals surface area contributed by atoms with Crippen LogP contribution < -0.4 is 16.2 Å². The topological polar surface area (TPSA) is 87.9 Å². The van der Waals surface area contributed by atoms with Crippen LogP contribution in [-0.2, 0) is 6.18 Å². The summed E-state index contributed by atoms with van der Waals surface area (Å²) in [4.78, 5) is 23.3. The van der Waals surface area contributed by atoms with Gasteiger partial charge in [-0.2, -0.15) is 13.2 Å². The van der Waals surface area contributed by atoms with Gasteiger partial charge in [0.15, 0.2) is 0 Å². The third kappa shape index (κ3) is 3.13. The van der Waals surface area contributed by atoms with E-state index in [1.807, 2.05) is 0 Å². The van der Waals surface area contributed by atoms with Gasteiger partial charge in [0.05, 0.1) is 11.3 Å². The molecule has 1 atom stereocenters. The van der Waals surface area contributed by atoms with E-state index in [1.54, 1.807) is 4.90 Å². The van der Waals surface area contributed by atoms with Crippen LogP contribution in [-0.4, -0.2) is 28.0 Å². The third-order valence-corrected chi connectivity index (χ3v) is 3.78. The monoisotopic (exact) mass is 325 g/mol. The van der Waals surface area contributed by atoms with Gasteiger partial charge in [0.2, 0.25) is 5.95 Å². The van der Waals surface area contributed by atoms with E-state index >= 15 is 0 Å². The maximum Gasteiger partial charge on any atom is 0.419 e. The van der Waals surface area contributed by atoms with E-state index in [4.69, 9.17) is 5.73 Å². The summed E-state index contributed by atoms with van der Waals surface area (Å²) in [6.07, 6.45) is -2.56. The lowest BCUT2D eigenvalue weighted by Gasteiger charge is -2.21. The van der Waals surface area contributed by atoms with Crippen LogP contribution in [0.1, 0.15) is 23.6 Å². The lowest BCUT2D eigenvalue weighted by molar-refractivity contribution is -0.137. The zero-order valence-electron chi connectivity index (χ0n) is 12.0.